The van der Waals surface area contributed by atoms with Crippen LogP contribution in [0.2, 0.25) is 0 Å². The summed E-state index contributed by atoms with van der Waals surface area (Å²) in [5.74, 6) is 0.828. The number of imidazole rings is 1. The Kier molecular flexibility index (Phi) is 3.69. The van der Waals surface area contributed by atoms with Gasteiger partial charge in [0.15, 0.2) is 0 Å². The van der Waals surface area contributed by atoms with E-state index in [-0.39, 0.29) is 5.91 Å². The third kappa shape index (κ3) is 2.79. The second-order valence-corrected chi connectivity index (χ2v) is 4.75. The lowest BCUT2D eigenvalue weighted by atomic mass is 10.1. The molecule has 106 valence electrons. The average molecular weight is 280 g/mol. The Balaban J connectivity index is 1.79. The van der Waals surface area contributed by atoms with Crippen LogP contribution in [-0.4, -0.2) is 22.1 Å². The van der Waals surface area contributed by atoms with Crippen LogP contribution in [0.1, 0.15) is 17.3 Å². The molecule has 21 heavy (non-hydrogen) atoms. The van der Waals surface area contributed by atoms with Crippen LogP contribution in [0.25, 0.3) is 11.0 Å². The number of fused-ring (bicyclic) bond motifs is 1. The maximum atomic E-state index is 12.4. The molecular formula is C17H16N2O2. The normalized spacial score (nSPS) is 10.7. The minimum atomic E-state index is 0.00728. The topological polar surface area (TPSA) is 44.1 Å². The summed E-state index contributed by atoms with van der Waals surface area (Å²) in [4.78, 5) is 16.6. The first kappa shape index (κ1) is 13.4. The van der Waals surface area contributed by atoms with Gasteiger partial charge in [0.2, 0.25) is 5.91 Å². The number of hydrogen-bond donors (Lipinski definition) is 0. The van der Waals surface area contributed by atoms with Crippen molar-refractivity contribution in [1.82, 2.24) is 9.55 Å². The average Bonchev–Trinajstić information content (AvgIpc) is 2.93. The maximum absolute atomic E-state index is 12.4. The molecule has 3 aromatic rings. The van der Waals surface area contributed by atoms with E-state index in [1.165, 1.54) is 0 Å². The highest BCUT2D eigenvalue weighted by molar-refractivity contribution is 5.91. The van der Waals surface area contributed by atoms with Gasteiger partial charge in [-0.25, -0.2) is 4.98 Å². The molecule has 4 nitrogen and oxygen atoms in total. The van der Waals surface area contributed by atoms with Gasteiger partial charge in [-0.1, -0.05) is 24.3 Å². The lowest BCUT2D eigenvalue weighted by Crippen LogP contribution is -2.12. The maximum Gasteiger partial charge on any atom is 0.236 e. The Morgan fingerprint density at radius 1 is 1.14 bits per heavy atom. The summed E-state index contributed by atoms with van der Waals surface area (Å²) < 4.78 is 7.00. The standard InChI is InChI=1S/C17H16N2O2/c1-2-21-14-9-7-13(8-10-14)11-17(20)19-12-18-15-5-3-4-6-16(15)19/h3-10,12H,2,11H2,1H3. The second kappa shape index (κ2) is 5.79. The van der Waals surface area contributed by atoms with Crippen molar-refractivity contribution >= 4 is 16.9 Å². The van der Waals surface area contributed by atoms with Crippen molar-refractivity contribution in [1.29, 1.82) is 0 Å². The molecule has 0 bridgehead atoms. The minimum Gasteiger partial charge on any atom is -0.494 e. The fourth-order valence-corrected chi connectivity index (χ4v) is 2.29. The van der Waals surface area contributed by atoms with Crippen LogP contribution in [0.15, 0.2) is 54.9 Å². The smallest absolute Gasteiger partial charge is 0.236 e. The van der Waals surface area contributed by atoms with E-state index in [4.69, 9.17) is 4.74 Å². The molecule has 1 aromatic heterocycles. The number of nitrogens with zero attached hydrogens (tertiary/aromatic N) is 2. The summed E-state index contributed by atoms with van der Waals surface area (Å²) in [6, 6.07) is 15.2. The molecule has 0 saturated carbocycles. The predicted molar refractivity (Wildman–Crippen MR) is 81.7 cm³/mol. The van der Waals surface area contributed by atoms with Gasteiger partial charge in [-0.3, -0.25) is 9.36 Å². The first-order chi connectivity index (χ1) is 10.3. The molecule has 0 atom stereocenters. The lowest BCUT2D eigenvalue weighted by molar-refractivity contribution is 0.0919. The van der Waals surface area contributed by atoms with Gasteiger partial charge < -0.3 is 4.74 Å². The van der Waals surface area contributed by atoms with Crippen LogP contribution in [-0.2, 0) is 6.42 Å². The van der Waals surface area contributed by atoms with E-state index >= 15 is 0 Å². The van der Waals surface area contributed by atoms with Crippen molar-refractivity contribution in [3.63, 3.8) is 0 Å². The van der Waals surface area contributed by atoms with E-state index < -0.39 is 0 Å². The molecule has 0 aliphatic rings. The quantitative estimate of drug-likeness (QED) is 0.736. The molecule has 0 N–H and O–H groups in total. The number of benzene rings is 2. The summed E-state index contributed by atoms with van der Waals surface area (Å²) in [7, 11) is 0. The Bertz CT molecular complexity index is 760. The number of hydrogen-bond acceptors (Lipinski definition) is 3. The highest BCUT2D eigenvalue weighted by Gasteiger charge is 2.10. The molecule has 0 amide bonds. The zero-order valence-corrected chi connectivity index (χ0v) is 11.8. The van der Waals surface area contributed by atoms with Gasteiger partial charge in [0.25, 0.3) is 0 Å². The summed E-state index contributed by atoms with van der Waals surface area (Å²) in [6.45, 7) is 2.58. The van der Waals surface area contributed by atoms with Gasteiger partial charge in [0, 0.05) is 0 Å². The number of rotatable bonds is 4. The van der Waals surface area contributed by atoms with E-state index in [0.717, 1.165) is 22.3 Å². The number of ether oxygens (including phenoxy) is 1. The predicted octanol–water partition coefficient (Wildman–Crippen LogP) is 3.32. The van der Waals surface area contributed by atoms with Crippen molar-refractivity contribution in [2.24, 2.45) is 0 Å². The first-order valence-corrected chi connectivity index (χ1v) is 6.95. The largest absolute Gasteiger partial charge is 0.494 e. The number of aromatic nitrogens is 2. The van der Waals surface area contributed by atoms with Gasteiger partial charge in [-0.05, 0) is 36.8 Å². The van der Waals surface area contributed by atoms with Crippen LogP contribution in [0, 0.1) is 0 Å². The van der Waals surface area contributed by atoms with Crippen LogP contribution < -0.4 is 4.74 Å². The molecule has 3 rings (SSSR count). The zero-order valence-electron chi connectivity index (χ0n) is 11.8. The summed E-state index contributed by atoms with van der Waals surface area (Å²) in [5.41, 5.74) is 2.63. The van der Waals surface area contributed by atoms with E-state index in [9.17, 15) is 4.79 Å². The molecule has 0 spiro atoms. The Hall–Kier alpha value is -2.62. The molecule has 0 unspecified atom stereocenters. The van der Waals surface area contributed by atoms with Crippen molar-refractivity contribution in [3.8, 4) is 5.75 Å². The summed E-state index contributed by atoms with van der Waals surface area (Å²) in [5, 5.41) is 0. The van der Waals surface area contributed by atoms with Gasteiger partial charge in [-0.2, -0.15) is 0 Å². The van der Waals surface area contributed by atoms with Crippen LogP contribution in [0.3, 0.4) is 0 Å². The third-order valence-corrected chi connectivity index (χ3v) is 3.31. The Morgan fingerprint density at radius 2 is 1.90 bits per heavy atom. The Labute approximate surface area is 123 Å². The van der Waals surface area contributed by atoms with Crippen molar-refractivity contribution in [3.05, 3.63) is 60.4 Å². The summed E-state index contributed by atoms with van der Waals surface area (Å²) >= 11 is 0. The van der Waals surface area contributed by atoms with E-state index in [2.05, 4.69) is 4.98 Å². The van der Waals surface area contributed by atoms with Gasteiger partial charge in [-0.15, -0.1) is 0 Å². The molecule has 0 fully saturated rings. The minimum absolute atomic E-state index is 0.00728. The molecule has 1 heterocycles. The molecule has 0 aliphatic heterocycles. The van der Waals surface area contributed by atoms with Crippen LogP contribution in [0.5, 0.6) is 5.75 Å². The highest BCUT2D eigenvalue weighted by atomic mass is 16.5. The van der Waals surface area contributed by atoms with E-state index in [0.29, 0.717) is 13.0 Å². The third-order valence-electron chi connectivity index (χ3n) is 3.31. The van der Waals surface area contributed by atoms with Gasteiger partial charge in [0.05, 0.1) is 24.1 Å². The number of carbonyl (C=O) groups excluding carboxylic acids is 1. The first-order valence-electron chi connectivity index (χ1n) is 6.95. The fraction of sp³-hybridized carbons (Fsp3) is 0.176. The number of para-hydroxylation sites is 2. The van der Waals surface area contributed by atoms with Crippen LogP contribution >= 0.6 is 0 Å². The van der Waals surface area contributed by atoms with Gasteiger partial charge in [0.1, 0.15) is 12.1 Å². The van der Waals surface area contributed by atoms with Crippen molar-refractivity contribution < 1.29 is 9.53 Å². The molecule has 0 radical (unpaired) electrons. The second-order valence-electron chi connectivity index (χ2n) is 4.75. The molecular weight excluding hydrogens is 264 g/mol. The SMILES string of the molecule is CCOc1ccc(CC(=O)n2cnc3ccccc32)cc1. The van der Waals surface area contributed by atoms with Gasteiger partial charge >= 0.3 is 0 Å². The fourth-order valence-electron chi connectivity index (χ4n) is 2.29. The lowest BCUT2D eigenvalue weighted by Gasteiger charge is -2.06. The highest BCUT2D eigenvalue weighted by Crippen LogP contribution is 2.15. The molecule has 0 aliphatic carbocycles. The number of carbonyl (C=O) groups is 1. The molecule has 2 aromatic carbocycles. The van der Waals surface area contributed by atoms with Crippen LogP contribution in [0.4, 0.5) is 0 Å². The monoisotopic (exact) mass is 280 g/mol. The molecule has 4 heteroatoms. The van der Waals surface area contributed by atoms with Crippen molar-refractivity contribution in [2.45, 2.75) is 13.3 Å². The Morgan fingerprint density at radius 3 is 2.67 bits per heavy atom. The van der Waals surface area contributed by atoms with Crippen molar-refractivity contribution in [2.75, 3.05) is 6.61 Å². The zero-order chi connectivity index (χ0) is 14.7. The summed E-state index contributed by atoms with van der Waals surface area (Å²) in [6.07, 6.45) is 1.92. The van der Waals surface area contributed by atoms with E-state index in [1.807, 2.05) is 55.5 Å². The van der Waals surface area contributed by atoms with E-state index in [1.54, 1.807) is 10.9 Å². The molecule has 0 saturated heterocycles.